The minimum atomic E-state index is -4.42. The van der Waals surface area contributed by atoms with E-state index in [-0.39, 0.29) is 24.8 Å². The molecule has 10 heteroatoms. The largest absolute Gasteiger partial charge is 0.465 e. The monoisotopic (exact) mass is 374 g/mol. The second-order valence-corrected chi connectivity index (χ2v) is 6.24. The number of alkyl halides is 3. The Morgan fingerprint density at radius 3 is 2.65 bits per heavy atom. The van der Waals surface area contributed by atoms with Gasteiger partial charge in [0.2, 0.25) is 0 Å². The molecular weight excluding hydrogens is 353 g/mol. The standard InChI is InChI=1S/C16H21F3N4O3/c17-16(18,19)12-1-4-21-14(9-12)22-5-2-11(3-6-22)13(20)10-23(7-8-24)15(25)26/h1,4,8-9,11,13H,2-3,5-7,10,20H2,(H,25,26). The molecule has 1 aromatic rings. The van der Waals surface area contributed by atoms with E-state index in [4.69, 9.17) is 10.8 Å². The van der Waals surface area contributed by atoms with Crippen LogP contribution >= 0.6 is 0 Å². The van der Waals surface area contributed by atoms with E-state index in [1.54, 1.807) is 4.90 Å². The molecule has 26 heavy (non-hydrogen) atoms. The zero-order valence-corrected chi connectivity index (χ0v) is 14.0. The van der Waals surface area contributed by atoms with E-state index < -0.39 is 23.9 Å². The summed E-state index contributed by atoms with van der Waals surface area (Å²) in [5, 5.41) is 9.04. The SMILES string of the molecule is NC(CN(CC=O)C(=O)O)C1CCN(c2cc(C(F)(F)F)ccn2)CC1. The lowest BCUT2D eigenvalue weighted by Crippen LogP contribution is -2.48. The van der Waals surface area contributed by atoms with Gasteiger partial charge >= 0.3 is 12.3 Å². The van der Waals surface area contributed by atoms with Gasteiger partial charge in [-0.05, 0) is 30.9 Å². The number of halogens is 3. The Balaban J connectivity index is 1.94. The van der Waals surface area contributed by atoms with Crippen LogP contribution in [0.1, 0.15) is 18.4 Å². The highest BCUT2D eigenvalue weighted by Gasteiger charge is 2.32. The molecule has 1 amide bonds. The molecule has 1 atom stereocenters. The Bertz CT molecular complexity index is 633. The molecule has 1 unspecified atom stereocenters. The quantitative estimate of drug-likeness (QED) is 0.737. The first-order valence-electron chi connectivity index (χ1n) is 8.17. The maximum absolute atomic E-state index is 12.8. The van der Waals surface area contributed by atoms with Crippen molar-refractivity contribution in [1.29, 1.82) is 0 Å². The molecule has 0 radical (unpaired) electrons. The molecule has 1 fully saturated rings. The minimum absolute atomic E-state index is 0.0190. The van der Waals surface area contributed by atoms with E-state index in [1.165, 1.54) is 0 Å². The van der Waals surface area contributed by atoms with Crippen molar-refractivity contribution in [2.45, 2.75) is 25.1 Å². The highest BCUT2D eigenvalue weighted by atomic mass is 19.4. The van der Waals surface area contributed by atoms with Crippen LogP contribution in [0, 0.1) is 5.92 Å². The van der Waals surface area contributed by atoms with Gasteiger partial charge in [-0.3, -0.25) is 4.90 Å². The predicted octanol–water partition coefficient (Wildman–Crippen LogP) is 1.82. The number of pyridine rings is 1. The Labute approximate surface area is 148 Å². The molecule has 2 rings (SSSR count). The van der Waals surface area contributed by atoms with Crippen LogP contribution in [-0.4, -0.2) is 59.6 Å². The lowest BCUT2D eigenvalue weighted by molar-refractivity contribution is -0.137. The van der Waals surface area contributed by atoms with Crippen LogP contribution in [0.3, 0.4) is 0 Å². The first kappa shape index (κ1) is 20.0. The van der Waals surface area contributed by atoms with Gasteiger partial charge in [-0.2, -0.15) is 13.2 Å². The number of aldehydes is 1. The fraction of sp³-hybridized carbons (Fsp3) is 0.562. The predicted molar refractivity (Wildman–Crippen MR) is 87.8 cm³/mol. The number of amides is 1. The van der Waals surface area contributed by atoms with Crippen LogP contribution in [0.5, 0.6) is 0 Å². The number of hydrogen-bond donors (Lipinski definition) is 2. The average Bonchev–Trinajstić information content (AvgIpc) is 2.60. The van der Waals surface area contributed by atoms with Crippen molar-refractivity contribution in [3.05, 3.63) is 23.9 Å². The summed E-state index contributed by atoms with van der Waals surface area (Å²) in [5.74, 6) is 0.283. The second-order valence-electron chi connectivity index (χ2n) is 6.24. The van der Waals surface area contributed by atoms with Crippen molar-refractivity contribution in [1.82, 2.24) is 9.88 Å². The van der Waals surface area contributed by atoms with Gasteiger partial charge in [0.05, 0.1) is 12.1 Å². The maximum Gasteiger partial charge on any atom is 0.416 e. The molecular formula is C16H21F3N4O3. The third-order valence-corrected chi connectivity index (χ3v) is 4.54. The molecule has 7 nitrogen and oxygen atoms in total. The number of hydrogen-bond acceptors (Lipinski definition) is 5. The van der Waals surface area contributed by atoms with Gasteiger partial charge in [-0.1, -0.05) is 0 Å². The zero-order valence-electron chi connectivity index (χ0n) is 14.0. The summed E-state index contributed by atoms with van der Waals surface area (Å²) in [5.41, 5.74) is 5.34. The third kappa shape index (κ3) is 5.07. The molecule has 0 saturated carbocycles. The molecule has 1 aliphatic rings. The van der Waals surface area contributed by atoms with E-state index >= 15 is 0 Å². The lowest BCUT2D eigenvalue weighted by atomic mass is 9.89. The summed E-state index contributed by atoms with van der Waals surface area (Å²) in [6, 6.07) is 1.51. The number of anilines is 1. The fourth-order valence-corrected chi connectivity index (χ4v) is 3.05. The number of nitrogens with two attached hydrogens (primary N) is 1. The van der Waals surface area contributed by atoms with E-state index in [1.807, 2.05) is 0 Å². The molecule has 144 valence electrons. The smallest absolute Gasteiger partial charge is 0.416 e. The van der Waals surface area contributed by atoms with Gasteiger partial charge in [0.1, 0.15) is 12.1 Å². The van der Waals surface area contributed by atoms with Crippen molar-refractivity contribution in [3.8, 4) is 0 Å². The summed E-state index contributed by atoms with van der Waals surface area (Å²) in [6.45, 7) is 0.761. The van der Waals surface area contributed by atoms with Crippen molar-refractivity contribution in [3.63, 3.8) is 0 Å². The van der Waals surface area contributed by atoms with E-state index in [2.05, 4.69) is 4.98 Å². The number of carbonyl (C=O) groups excluding carboxylic acids is 1. The molecule has 2 heterocycles. The first-order valence-corrected chi connectivity index (χ1v) is 8.17. The molecule has 1 aromatic heterocycles. The minimum Gasteiger partial charge on any atom is -0.465 e. The number of aromatic nitrogens is 1. The van der Waals surface area contributed by atoms with E-state index in [0.29, 0.717) is 32.2 Å². The number of carboxylic acid groups (broad SMARTS) is 1. The summed E-state index contributed by atoms with van der Waals surface area (Å²) in [7, 11) is 0. The van der Waals surface area contributed by atoms with Gasteiger partial charge in [0.25, 0.3) is 0 Å². The molecule has 0 aromatic carbocycles. The highest BCUT2D eigenvalue weighted by molar-refractivity contribution is 5.69. The van der Waals surface area contributed by atoms with Gasteiger partial charge < -0.3 is 20.5 Å². The Kier molecular flexibility index (Phi) is 6.41. The molecule has 1 aliphatic heterocycles. The molecule has 0 spiro atoms. The van der Waals surface area contributed by atoms with Gasteiger partial charge in [0.15, 0.2) is 0 Å². The number of carbonyl (C=O) groups is 2. The topological polar surface area (TPSA) is 99.8 Å². The van der Waals surface area contributed by atoms with Gasteiger partial charge in [0, 0.05) is 31.9 Å². The average molecular weight is 374 g/mol. The van der Waals surface area contributed by atoms with Crippen LogP contribution in [-0.2, 0) is 11.0 Å². The Hall–Kier alpha value is -2.36. The summed E-state index contributed by atoms with van der Waals surface area (Å²) in [6.07, 6.45) is -2.78. The van der Waals surface area contributed by atoms with Crippen molar-refractivity contribution in [2.24, 2.45) is 11.7 Å². The summed E-state index contributed by atoms with van der Waals surface area (Å²) >= 11 is 0. The third-order valence-electron chi connectivity index (χ3n) is 4.54. The Morgan fingerprint density at radius 1 is 1.46 bits per heavy atom. The molecule has 0 bridgehead atoms. The first-order chi connectivity index (χ1) is 12.2. The van der Waals surface area contributed by atoms with Crippen molar-refractivity contribution in [2.75, 3.05) is 31.1 Å². The number of nitrogens with zero attached hydrogens (tertiary/aromatic N) is 3. The fourth-order valence-electron chi connectivity index (χ4n) is 3.05. The highest BCUT2D eigenvalue weighted by Crippen LogP contribution is 2.32. The molecule has 3 N–H and O–H groups in total. The second kappa shape index (κ2) is 8.35. The van der Waals surface area contributed by atoms with E-state index in [9.17, 15) is 22.8 Å². The van der Waals surface area contributed by atoms with E-state index in [0.717, 1.165) is 23.2 Å². The van der Waals surface area contributed by atoms with Crippen LogP contribution < -0.4 is 10.6 Å². The number of rotatable bonds is 6. The maximum atomic E-state index is 12.8. The van der Waals surface area contributed by atoms with Crippen LogP contribution in [0.25, 0.3) is 0 Å². The normalized spacial score (nSPS) is 17.0. The summed E-state index contributed by atoms with van der Waals surface area (Å²) < 4.78 is 38.4. The Morgan fingerprint density at radius 2 is 2.12 bits per heavy atom. The zero-order chi connectivity index (χ0) is 19.3. The summed E-state index contributed by atoms with van der Waals surface area (Å²) in [4.78, 5) is 28.3. The van der Waals surface area contributed by atoms with Gasteiger partial charge in [-0.25, -0.2) is 9.78 Å². The van der Waals surface area contributed by atoms with Crippen LogP contribution in [0.15, 0.2) is 18.3 Å². The van der Waals surface area contributed by atoms with Crippen molar-refractivity contribution < 1.29 is 27.9 Å². The number of piperidine rings is 1. The molecule has 1 saturated heterocycles. The van der Waals surface area contributed by atoms with Gasteiger partial charge in [-0.15, -0.1) is 0 Å². The van der Waals surface area contributed by atoms with Crippen LogP contribution in [0.2, 0.25) is 0 Å². The molecule has 0 aliphatic carbocycles. The lowest BCUT2D eigenvalue weighted by Gasteiger charge is -2.36. The van der Waals surface area contributed by atoms with Crippen molar-refractivity contribution >= 4 is 18.2 Å². The van der Waals surface area contributed by atoms with Crippen LogP contribution in [0.4, 0.5) is 23.8 Å².